The molecule has 4 nitrogen and oxygen atoms in total. The SMILES string of the molecule is CC(C)(C)OC(=O)NCCC1CCNCCC1C1CCC1. The second-order valence-electron chi connectivity index (χ2n) is 7.66. The first-order chi connectivity index (χ1) is 9.96. The summed E-state index contributed by atoms with van der Waals surface area (Å²) in [5.74, 6) is 2.55. The Morgan fingerprint density at radius 2 is 1.90 bits per heavy atom. The fourth-order valence-electron chi connectivity index (χ4n) is 3.65. The maximum absolute atomic E-state index is 11.7. The van der Waals surface area contributed by atoms with Crippen molar-refractivity contribution in [2.24, 2.45) is 17.8 Å². The van der Waals surface area contributed by atoms with Crippen molar-refractivity contribution in [3.63, 3.8) is 0 Å². The van der Waals surface area contributed by atoms with Gasteiger partial charge >= 0.3 is 6.09 Å². The standard InChI is InChI=1S/C17H32N2O2/c1-17(2,3)21-16(20)19-12-8-14-7-10-18-11-9-15(14)13-5-4-6-13/h13-15,18H,4-12H2,1-3H3,(H,19,20). The van der Waals surface area contributed by atoms with Crippen molar-refractivity contribution in [2.45, 2.75) is 64.9 Å². The third-order valence-corrected chi connectivity index (χ3v) is 4.89. The smallest absolute Gasteiger partial charge is 0.407 e. The van der Waals surface area contributed by atoms with E-state index in [0.29, 0.717) is 0 Å². The van der Waals surface area contributed by atoms with E-state index in [1.54, 1.807) is 0 Å². The van der Waals surface area contributed by atoms with Crippen LogP contribution in [-0.2, 0) is 4.74 Å². The van der Waals surface area contributed by atoms with Crippen molar-refractivity contribution in [2.75, 3.05) is 19.6 Å². The monoisotopic (exact) mass is 296 g/mol. The first kappa shape index (κ1) is 16.6. The molecule has 1 saturated heterocycles. The van der Waals surface area contributed by atoms with Crippen LogP contribution in [0.5, 0.6) is 0 Å². The Bertz CT molecular complexity index is 334. The summed E-state index contributed by atoms with van der Waals surface area (Å²) in [6.45, 7) is 8.73. The van der Waals surface area contributed by atoms with Crippen LogP contribution in [0.3, 0.4) is 0 Å². The summed E-state index contributed by atoms with van der Waals surface area (Å²) in [4.78, 5) is 11.7. The van der Waals surface area contributed by atoms with E-state index in [9.17, 15) is 4.79 Å². The molecule has 2 atom stereocenters. The van der Waals surface area contributed by atoms with E-state index in [4.69, 9.17) is 4.74 Å². The molecule has 1 aliphatic heterocycles. The molecule has 0 radical (unpaired) electrons. The first-order valence-corrected chi connectivity index (χ1v) is 8.63. The fraction of sp³-hybridized carbons (Fsp3) is 0.941. The van der Waals surface area contributed by atoms with Gasteiger partial charge in [-0.25, -0.2) is 4.79 Å². The van der Waals surface area contributed by atoms with E-state index in [2.05, 4.69) is 10.6 Å². The lowest BCUT2D eigenvalue weighted by molar-refractivity contribution is 0.0518. The van der Waals surface area contributed by atoms with Crippen molar-refractivity contribution < 1.29 is 9.53 Å². The number of ether oxygens (including phenoxy) is 1. The molecule has 0 aromatic carbocycles. The molecule has 2 N–H and O–H groups in total. The maximum Gasteiger partial charge on any atom is 0.407 e. The minimum atomic E-state index is -0.412. The first-order valence-electron chi connectivity index (χ1n) is 8.63. The van der Waals surface area contributed by atoms with Gasteiger partial charge in [0.25, 0.3) is 0 Å². The predicted octanol–water partition coefficient (Wildman–Crippen LogP) is 3.32. The van der Waals surface area contributed by atoms with Crippen molar-refractivity contribution in [1.82, 2.24) is 10.6 Å². The van der Waals surface area contributed by atoms with Gasteiger partial charge in [-0.3, -0.25) is 0 Å². The molecule has 122 valence electrons. The van der Waals surface area contributed by atoms with E-state index < -0.39 is 5.60 Å². The minimum absolute atomic E-state index is 0.283. The van der Waals surface area contributed by atoms with Crippen LogP contribution in [0.4, 0.5) is 4.79 Å². The number of hydrogen-bond acceptors (Lipinski definition) is 3. The van der Waals surface area contributed by atoms with E-state index >= 15 is 0 Å². The van der Waals surface area contributed by atoms with Crippen LogP contribution in [0.25, 0.3) is 0 Å². The van der Waals surface area contributed by atoms with Crippen LogP contribution >= 0.6 is 0 Å². The van der Waals surface area contributed by atoms with Gasteiger partial charge in [0.2, 0.25) is 0 Å². The Morgan fingerprint density at radius 3 is 2.52 bits per heavy atom. The van der Waals surface area contributed by atoms with Crippen molar-refractivity contribution >= 4 is 6.09 Å². The molecule has 0 aromatic rings. The summed E-state index contributed by atoms with van der Waals surface area (Å²) >= 11 is 0. The van der Waals surface area contributed by atoms with Crippen LogP contribution in [0.1, 0.15) is 59.3 Å². The highest BCUT2D eigenvalue weighted by Crippen LogP contribution is 2.41. The molecule has 2 rings (SSSR count). The van der Waals surface area contributed by atoms with Gasteiger partial charge in [0.15, 0.2) is 0 Å². The summed E-state index contributed by atoms with van der Waals surface area (Å²) in [5.41, 5.74) is -0.412. The fourth-order valence-corrected chi connectivity index (χ4v) is 3.65. The molecule has 0 aromatic heterocycles. The van der Waals surface area contributed by atoms with Gasteiger partial charge in [0, 0.05) is 6.54 Å². The number of carbonyl (C=O) groups is 1. The molecule has 1 amide bonds. The number of hydrogen-bond donors (Lipinski definition) is 2. The third kappa shape index (κ3) is 5.50. The van der Waals surface area contributed by atoms with E-state index in [1.807, 2.05) is 20.8 Å². The molecule has 0 bridgehead atoms. The van der Waals surface area contributed by atoms with Crippen LogP contribution in [0, 0.1) is 17.8 Å². The largest absolute Gasteiger partial charge is 0.444 e. The predicted molar refractivity (Wildman–Crippen MR) is 85.3 cm³/mol. The lowest BCUT2D eigenvalue weighted by atomic mass is 9.68. The quantitative estimate of drug-likeness (QED) is 0.837. The lowest BCUT2D eigenvalue weighted by Crippen LogP contribution is -2.35. The molecule has 1 heterocycles. The van der Waals surface area contributed by atoms with Crippen LogP contribution in [0.15, 0.2) is 0 Å². The second-order valence-corrected chi connectivity index (χ2v) is 7.66. The molecule has 1 aliphatic carbocycles. The molecule has 0 spiro atoms. The van der Waals surface area contributed by atoms with Gasteiger partial charge in [-0.2, -0.15) is 0 Å². The van der Waals surface area contributed by atoms with Gasteiger partial charge in [-0.15, -0.1) is 0 Å². The van der Waals surface area contributed by atoms with Gasteiger partial charge in [0.05, 0.1) is 0 Å². The summed E-state index contributed by atoms with van der Waals surface area (Å²) < 4.78 is 5.30. The maximum atomic E-state index is 11.7. The summed E-state index contributed by atoms with van der Waals surface area (Å²) in [7, 11) is 0. The van der Waals surface area contributed by atoms with Crippen LogP contribution in [-0.4, -0.2) is 31.3 Å². The number of amides is 1. The lowest BCUT2D eigenvalue weighted by Gasteiger charge is -2.38. The number of carbonyl (C=O) groups excluding carboxylic acids is 1. The van der Waals surface area contributed by atoms with E-state index in [0.717, 1.165) is 43.8 Å². The van der Waals surface area contributed by atoms with Crippen molar-refractivity contribution in [1.29, 1.82) is 0 Å². The average molecular weight is 296 g/mol. The Labute approximate surface area is 129 Å². The van der Waals surface area contributed by atoms with E-state index in [1.165, 1.54) is 32.1 Å². The van der Waals surface area contributed by atoms with Crippen molar-refractivity contribution in [3.05, 3.63) is 0 Å². The highest BCUT2D eigenvalue weighted by Gasteiger charge is 2.33. The molecule has 4 heteroatoms. The molecule has 2 unspecified atom stereocenters. The molecule has 2 fully saturated rings. The molecular weight excluding hydrogens is 264 g/mol. The Morgan fingerprint density at radius 1 is 1.19 bits per heavy atom. The van der Waals surface area contributed by atoms with Gasteiger partial charge < -0.3 is 15.4 Å². The van der Waals surface area contributed by atoms with Crippen LogP contribution in [0.2, 0.25) is 0 Å². The molecule has 21 heavy (non-hydrogen) atoms. The Balaban J connectivity index is 1.75. The van der Waals surface area contributed by atoms with Gasteiger partial charge in [-0.05, 0) is 70.9 Å². The zero-order chi connectivity index (χ0) is 15.3. The van der Waals surface area contributed by atoms with Crippen LogP contribution < -0.4 is 10.6 Å². The highest BCUT2D eigenvalue weighted by molar-refractivity contribution is 5.67. The Hall–Kier alpha value is -0.770. The normalized spacial score (nSPS) is 27.6. The van der Waals surface area contributed by atoms with Gasteiger partial charge in [0.1, 0.15) is 5.60 Å². The average Bonchev–Trinajstić information content (AvgIpc) is 2.51. The molecular formula is C17H32N2O2. The van der Waals surface area contributed by atoms with Crippen molar-refractivity contribution in [3.8, 4) is 0 Å². The topological polar surface area (TPSA) is 50.4 Å². The number of alkyl carbamates (subject to hydrolysis) is 1. The summed E-state index contributed by atoms with van der Waals surface area (Å²) in [6.07, 6.45) is 7.61. The Kier molecular flexibility index (Phi) is 5.91. The van der Waals surface area contributed by atoms with Gasteiger partial charge in [-0.1, -0.05) is 19.3 Å². The highest BCUT2D eigenvalue weighted by atomic mass is 16.6. The second kappa shape index (κ2) is 7.48. The minimum Gasteiger partial charge on any atom is -0.444 e. The summed E-state index contributed by atoms with van der Waals surface area (Å²) in [5, 5.41) is 6.45. The van der Waals surface area contributed by atoms with E-state index in [-0.39, 0.29) is 6.09 Å². The number of nitrogens with one attached hydrogen (secondary N) is 2. The zero-order valence-electron chi connectivity index (χ0n) is 13.9. The number of rotatable bonds is 4. The third-order valence-electron chi connectivity index (χ3n) is 4.89. The summed E-state index contributed by atoms with van der Waals surface area (Å²) in [6, 6.07) is 0. The molecule has 2 aliphatic rings. The zero-order valence-corrected chi connectivity index (χ0v) is 13.9. The molecule has 1 saturated carbocycles.